The average Bonchev–Trinajstić information content (AvgIpc) is 2.32. The van der Waals surface area contributed by atoms with Crippen molar-refractivity contribution in [3.8, 4) is 0 Å². The van der Waals surface area contributed by atoms with Gasteiger partial charge in [-0.25, -0.2) is 0 Å². The molecule has 1 aliphatic heterocycles. The molecule has 1 saturated heterocycles. The summed E-state index contributed by atoms with van der Waals surface area (Å²) in [6.07, 6.45) is 1.11. The third-order valence-corrected chi connectivity index (χ3v) is 2.07. The Morgan fingerprint density at radius 3 is 2.82 bits per heavy atom. The molecule has 1 atom stereocenters. The van der Waals surface area contributed by atoms with E-state index < -0.39 is 0 Å². The van der Waals surface area contributed by atoms with E-state index in [1.54, 1.807) is 7.05 Å². The lowest BCUT2D eigenvalue weighted by Crippen LogP contribution is -2.38. The summed E-state index contributed by atoms with van der Waals surface area (Å²) >= 11 is 0. The van der Waals surface area contributed by atoms with Gasteiger partial charge in [0.25, 0.3) is 0 Å². The Morgan fingerprint density at radius 1 is 1.82 bits per heavy atom. The molecule has 0 radical (unpaired) electrons. The summed E-state index contributed by atoms with van der Waals surface area (Å²) in [5.41, 5.74) is 5.17. The molecule has 1 amide bonds. The highest BCUT2D eigenvalue weighted by atomic mass is 16.2. The molecular weight excluding hydrogens is 144 g/mol. The number of carbonyl (C=O) groups excluding carboxylic acids is 2. The van der Waals surface area contributed by atoms with Crippen molar-refractivity contribution in [3.05, 3.63) is 0 Å². The second-order valence-electron chi connectivity index (χ2n) is 2.73. The number of carbonyl (C=O) groups is 2. The zero-order chi connectivity index (χ0) is 8.43. The first kappa shape index (κ1) is 8.20. The van der Waals surface area contributed by atoms with Gasteiger partial charge in [0.2, 0.25) is 5.91 Å². The van der Waals surface area contributed by atoms with Gasteiger partial charge in [0.1, 0.15) is 0 Å². The predicted octanol–water partition coefficient (Wildman–Crippen LogP) is -0.865. The number of hydrogen-bond donors (Lipinski definition) is 1. The Labute approximate surface area is 65.3 Å². The maximum Gasteiger partial charge on any atom is 0.223 e. The van der Waals surface area contributed by atoms with Gasteiger partial charge in [-0.05, 0) is 6.42 Å². The first-order valence-electron chi connectivity index (χ1n) is 3.65. The molecule has 1 fully saturated rings. The molecule has 1 aliphatic rings. The van der Waals surface area contributed by atoms with E-state index in [1.807, 2.05) is 0 Å². The molecule has 11 heavy (non-hydrogen) atoms. The monoisotopic (exact) mass is 156 g/mol. The topological polar surface area (TPSA) is 63.4 Å². The highest BCUT2D eigenvalue weighted by Gasteiger charge is 2.31. The lowest BCUT2D eigenvalue weighted by molar-refractivity contribution is -0.132. The van der Waals surface area contributed by atoms with Gasteiger partial charge < -0.3 is 10.6 Å². The van der Waals surface area contributed by atoms with Crippen LogP contribution < -0.4 is 5.73 Å². The largest absolute Gasteiger partial charge is 0.336 e. The van der Waals surface area contributed by atoms with Crippen molar-refractivity contribution in [3.63, 3.8) is 0 Å². The number of likely N-dealkylation sites (N-methyl/N-ethyl adjacent to an activating group) is 1. The maximum absolute atomic E-state index is 11.1. The third-order valence-electron chi connectivity index (χ3n) is 2.07. The molecule has 0 aromatic rings. The van der Waals surface area contributed by atoms with Gasteiger partial charge in [-0.15, -0.1) is 0 Å². The number of ketones is 1. The number of hydrogen-bond acceptors (Lipinski definition) is 3. The first-order valence-corrected chi connectivity index (χ1v) is 3.65. The van der Waals surface area contributed by atoms with E-state index in [9.17, 15) is 9.59 Å². The van der Waals surface area contributed by atoms with Crippen molar-refractivity contribution in [2.45, 2.75) is 18.9 Å². The fourth-order valence-electron chi connectivity index (χ4n) is 1.32. The summed E-state index contributed by atoms with van der Waals surface area (Å²) in [6.45, 7) is 0.0300. The summed E-state index contributed by atoms with van der Waals surface area (Å²) in [4.78, 5) is 23.5. The Balaban J connectivity index is 2.61. The minimum absolute atomic E-state index is 0.0300. The van der Waals surface area contributed by atoms with Gasteiger partial charge in [-0.1, -0.05) is 0 Å². The Kier molecular flexibility index (Phi) is 2.24. The lowest BCUT2D eigenvalue weighted by atomic mass is 10.1. The quantitative estimate of drug-likeness (QED) is 0.565. The van der Waals surface area contributed by atoms with E-state index in [2.05, 4.69) is 0 Å². The molecule has 0 aliphatic carbocycles. The summed E-state index contributed by atoms with van der Waals surface area (Å²) in [7, 11) is 1.65. The molecule has 4 nitrogen and oxygen atoms in total. The molecule has 0 spiro atoms. The van der Waals surface area contributed by atoms with Crippen molar-refractivity contribution in [1.29, 1.82) is 0 Å². The number of Topliss-reactive ketones (excluding diaryl/α,β-unsaturated/α-hetero) is 1. The van der Waals surface area contributed by atoms with Crippen LogP contribution in [0.15, 0.2) is 0 Å². The van der Waals surface area contributed by atoms with Gasteiger partial charge in [-0.3, -0.25) is 9.59 Å². The molecule has 0 saturated carbocycles. The first-order chi connectivity index (χ1) is 5.16. The van der Waals surface area contributed by atoms with E-state index in [0.29, 0.717) is 12.8 Å². The smallest absolute Gasteiger partial charge is 0.223 e. The van der Waals surface area contributed by atoms with E-state index in [-0.39, 0.29) is 24.3 Å². The number of nitrogens with two attached hydrogens (primary N) is 1. The van der Waals surface area contributed by atoms with Gasteiger partial charge in [0.15, 0.2) is 5.78 Å². The van der Waals surface area contributed by atoms with E-state index >= 15 is 0 Å². The fraction of sp³-hybridized carbons (Fsp3) is 0.714. The Hall–Kier alpha value is -0.900. The lowest BCUT2D eigenvalue weighted by Gasteiger charge is -2.17. The predicted molar refractivity (Wildman–Crippen MR) is 39.9 cm³/mol. The molecule has 0 aromatic heterocycles. The van der Waals surface area contributed by atoms with Gasteiger partial charge in [0, 0.05) is 13.5 Å². The average molecular weight is 156 g/mol. The van der Waals surface area contributed by atoms with Crippen LogP contribution in [0.25, 0.3) is 0 Å². The van der Waals surface area contributed by atoms with Crippen molar-refractivity contribution >= 4 is 11.7 Å². The normalized spacial score (nSPS) is 24.4. The van der Waals surface area contributed by atoms with Crippen molar-refractivity contribution < 1.29 is 9.59 Å². The SMILES string of the molecule is CN1C(=O)CC[C@@H]1C(=O)CN. The van der Waals surface area contributed by atoms with Crippen LogP contribution >= 0.6 is 0 Å². The van der Waals surface area contributed by atoms with Crippen LogP contribution in [0, 0.1) is 0 Å². The molecular formula is C7H12N2O2. The van der Waals surface area contributed by atoms with Crippen molar-refractivity contribution in [1.82, 2.24) is 4.90 Å². The minimum atomic E-state index is -0.257. The van der Waals surface area contributed by atoms with Crippen LogP contribution in [-0.2, 0) is 9.59 Å². The number of rotatable bonds is 2. The molecule has 62 valence electrons. The standard InChI is InChI=1S/C7H12N2O2/c1-9-5(6(10)4-8)2-3-7(9)11/h5H,2-4,8H2,1H3/t5-/m1/s1. The Bertz CT molecular complexity index is 191. The molecule has 0 bridgehead atoms. The molecule has 4 heteroatoms. The number of likely N-dealkylation sites (tertiary alicyclic amines) is 1. The van der Waals surface area contributed by atoms with Crippen LogP contribution in [0.3, 0.4) is 0 Å². The highest BCUT2D eigenvalue weighted by molar-refractivity contribution is 5.92. The Morgan fingerprint density at radius 2 is 2.45 bits per heavy atom. The molecule has 1 rings (SSSR count). The van der Waals surface area contributed by atoms with Crippen LogP contribution in [0.5, 0.6) is 0 Å². The summed E-state index contributed by atoms with van der Waals surface area (Å²) < 4.78 is 0. The maximum atomic E-state index is 11.1. The van der Waals surface area contributed by atoms with Crippen LogP contribution in [-0.4, -0.2) is 36.2 Å². The minimum Gasteiger partial charge on any atom is -0.336 e. The van der Waals surface area contributed by atoms with Crippen molar-refractivity contribution in [2.75, 3.05) is 13.6 Å². The second-order valence-corrected chi connectivity index (χ2v) is 2.73. The molecule has 2 N–H and O–H groups in total. The fourth-order valence-corrected chi connectivity index (χ4v) is 1.32. The van der Waals surface area contributed by atoms with Gasteiger partial charge >= 0.3 is 0 Å². The number of amides is 1. The van der Waals surface area contributed by atoms with E-state index in [4.69, 9.17) is 5.73 Å². The second kappa shape index (κ2) is 3.00. The van der Waals surface area contributed by atoms with Crippen LogP contribution in [0.4, 0.5) is 0 Å². The molecule has 0 aromatic carbocycles. The molecule has 1 heterocycles. The van der Waals surface area contributed by atoms with Gasteiger partial charge in [-0.2, -0.15) is 0 Å². The van der Waals surface area contributed by atoms with E-state index in [1.165, 1.54) is 4.90 Å². The zero-order valence-electron chi connectivity index (χ0n) is 6.54. The summed E-state index contributed by atoms with van der Waals surface area (Å²) in [6, 6.07) is -0.257. The zero-order valence-corrected chi connectivity index (χ0v) is 6.54. The van der Waals surface area contributed by atoms with Crippen LogP contribution in [0.2, 0.25) is 0 Å². The van der Waals surface area contributed by atoms with E-state index in [0.717, 1.165) is 0 Å². The summed E-state index contributed by atoms with van der Waals surface area (Å²) in [5, 5.41) is 0. The molecule has 0 unspecified atom stereocenters. The van der Waals surface area contributed by atoms with Crippen molar-refractivity contribution in [2.24, 2.45) is 5.73 Å². The number of nitrogens with zero attached hydrogens (tertiary/aromatic N) is 1. The third kappa shape index (κ3) is 1.40. The van der Waals surface area contributed by atoms with Gasteiger partial charge in [0.05, 0.1) is 12.6 Å². The summed E-state index contributed by atoms with van der Waals surface area (Å²) in [5.74, 6) is -0.00449. The van der Waals surface area contributed by atoms with Crippen LogP contribution in [0.1, 0.15) is 12.8 Å². The highest BCUT2D eigenvalue weighted by Crippen LogP contribution is 2.16.